The number of carbonyl (C=O) groups is 4. The summed E-state index contributed by atoms with van der Waals surface area (Å²) in [4.78, 5) is 52.6. The molecule has 0 saturated carbocycles. The van der Waals surface area contributed by atoms with Crippen molar-refractivity contribution in [3.05, 3.63) is 72.1 Å². The quantitative estimate of drug-likeness (QED) is 0.436. The van der Waals surface area contributed by atoms with Gasteiger partial charge in [0.15, 0.2) is 0 Å². The molecule has 0 radical (unpaired) electrons. The predicted molar refractivity (Wildman–Crippen MR) is 146 cm³/mol. The molecule has 1 atom stereocenters. The highest BCUT2D eigenvalue weighted by Crippen LogP contribution is 2.37. The monoisotopic (exact) mass is 560 g/mol. The molecule has 0 unspecified atom stereocenters. The maximum Gasteiger partial charge on any atom is 0.326 e. The fourth-order valence-corrected chi connectivity index (χ4v) is 5.34. The second-order valence-corrected chi connectivity index (χ2v) is 10.5. The number of aromatic nitrogens is 3. The molecule has 1 aromatic heterocycles. The summed E-state index contributed by atoms with van der Waals surface area (Å²) in [7, 11) is 0. The number of benzene rings is 2. The fourth-order valence-electron chi connectivity index (χ4n) is 5.34. The minimum absolute atomic E-state index is 0.0591. The number of nitrogens with one attached hydrogen (secondary N) is 2. The van der Waals surface area contributed by atoms with Crippen LogP contribution in [0.2, 0.25) is 0 Å². The number of ether oxygens (including phenoxy) is 1. The molecule has 3 amide bonds. The first-order valence-electron chi connectivity index (χ1n) is 13.6. The Morgan fingerprint density at radius 3 is 2.54 bits per heavy atom. The van der Waals surface area contributed by atoms with E-state index in [2.05, 4.69) is 20.9 Å². The summed E-state index contributed by atoms with van der Waals surface area (Å²) in [6.07, 6.45) is 4.48. The number of carbonyl (C=O) groups excluding carboxylic acids is 3. The number of carboxylic acids is 1. The summed E-state index contributed by atoms with van der Waals surface area (Å²) < 4.78 is 7.52. The van der Waals surface area contributed by atoms with E-state index in [-0.39, 0.29) is 37.7 Å². The normalized spacial score (nSPS) is 19.4. The van der Waals surface area contributed by atoms with Crippen LogP contribution in [-0.2, 0) is 38.6 Å². The van der Waals surface area contributed by atoms with Crippen LogP contribution in [0.25, 0.3) is 0 Å². The lowest BCUT2D eigenvalue weighted by atomic mass is 9.73. The highest BCUT2D eigenvalue weighted by atomic mass is 16.5. The van der Waals surface area contributed by atoms with Gasteiger partial charge in [-0.05, 0) is 54.7 Å². The second kappa shape index (κ2) is 12.2. The third-order valence-corrected chi connectivity index (χ3v) is 7.63. The Morgan fingerprint density at radius 2 is 1.83 bits per heavy atom. The van der Waals surface area contributed by atoms with Crippen molar-refractivity contribution in [1.29, 1.82) is 0 Å². The Balaban J connectivity index is 1.37. The summed E-state index contributed by atoms with van der Waals surface area (Å²) in [6.45, 7) is 0.923. The average Bonchev–Trinajstić information content (AvgIpc) is 3.47. The highest BCUT2D eigenvalue weighted by molar-refractivity contribution is 5.86. The Morgan fingerprint density at radius 1 is 1.05 bits per heavy atom. The van der Waals surface area contributed by atoms with Crippen molar-refractivity contribution in [1.82, 2.24) is 30.5 Å². The molecule has 4 bridgehead atoms. The van der Waals surface area contributed by atoms with Crippen LogP contribution in [0.5, 0.6) is 11.5 Å². The van der Waals surface area contributed by atoms with E-state index in [1.54, 1.807) is 35.4 Å². The zero-order valence-corrected chi connectivity index (χ0v) is 22.5. The van der Waals surface area contributed by atoms with E-state index in [0.717, 1.165) is 11.1 Å². The number of likely N-dealkylation sites (tertiary alicyclic amines) is 1. The molecular formula is C29H32N6O6. The summed E-state index contributed by atoms with van der Waals surface area (Å²) in [6, 6.07) is 13.5. The highest BCUT2D eigenvalue weighted by Gasteiger charge is 2.42. The van der Waals surface area contributed by atoms with E-state index in [1.165, 1.54) is 10.9 Å². The van der Waals surface area contributed by atoms with Crippen molar-refractivity contribution in [2.75, 3.05) is 19.6 Å². The van der Waals surface area contributed by atoms with Gasteiger partial charge in [0.2, 0.25) is 17.7 Å². The van der Waals surface area contributed by atoms with Gasteiger partial charge in [0.05, 0.1) is 11.6 Å². The maximum absolute atomic E-state index is 13.7. The Kier molecular flexibility index (Phi) is 8.27. The van der Waals surface area contributed by atoms with Crippen LogP contribution in [0.4, 0.5) is 0 Å². The molecule has 3 aliphatic heterocycles. The van der Waals surface area contributed by atoms with Gasteiger partial charge in [-0.25, -0.2) is 9.48 Å². The third kappa shape index (κ3) is 6.89. The molecule has 6 rings (SSSR count). The van der Waals surface area contributed by atoms with Crippen LogP contribution >= 0.6 is 0 Å². The fraction of sp³-hybridized carbons (Fsp3) is 0.379. The predicted octanol–water partition coefficient (Wildman–Crippen LogP) is 1.55. The third-order valence-electron chi connectivity index (χ3n) is 7.63. The van der Waals surface area contributed by atoms with E-state index >= 15 is 0 Å². The molecule has 214 valence electrons. The molecule has 12 heteroatoms. The standard InChI is InChI=1S/C29H32N6O6/c36-25-8-11-30-28(40)29(9-13-34(14-10-29)26(37)19-35-15-12-31-33-35)18-21-2-1-3-23(16-21)41-22-6-4-20(5-7-22)17-24(32-25)27(38)39/h1-7,12,15-16,24H,8-11,13-14,17-19H2,(H,30,40)(H,32,36)(H,38,39)/t24-/m0/s1. The van der Waals surface area contributed by atoms with Crippen LogP contribution in [0.1, 0.15) is 30.4 Å². The summed E-state index contributed by atoms with van der Waals surface area (Å²) in [5.74, 6) is -0.715. The lowest BCUT2D eigenvalue weighted by Gasteiger charge is -2.41. The SMILES string of the molecule is O=C1CCNC(=O)C2(CCN(C(=O)Cn3ccnn3)CC2)Cc2cccc(c2)Oc2ccc(cc2)C[C@@H](C(=O)O)N1. The number of carboxylic acid groups (broad SMARTS) is 1. The van der Waals surface area contributed by atoms with Gasteiger partial charge in [-0.1, -0.05) is 29.5 Å². The molecule has 41 heavy (non-hydrogen) atoms. The molecule has 3 aromatic rings. The molecule has 3 N–H and O–H groups in total. The van der Waals surface area contributed by atoms with Crippen LogP contribution in [0.3, 0.4) is 0 Å². The van der Waals surface area contributed by atoms with Gasteiger partial charge >= 0.3 is 5.97 Å². The Bertz CT molecular complexity index is 1400. The van der Waals surface area contributed by atoms with Gasteiger partial charge in [-0.3, -0.25) is 14.4 Å². The second-order valence-electron chi connectivity index (χ2n) is 10.5. The molecule has 1 spiro atoms. The van der Waals surface area contributed by atoms with Crippen LogP contribution in [-0.4, -0.2) is 74.4 Å². The molecule has 1 saturated heterocycles. The van der Waals surface area contributed by atoms with Crippen molar-refractivity contribution in [2.24, 2.45) is 5.41 Å². The van der Waals surface area contributed by atoms with Crippen molar-refractivity contribution >= 4 is 23.7 Å². The van der Waals surface area contributed by atoms with Crippen LogP contribution < -0.4 is 15.4 Å². The largest absolute Gasteiger partial charge is 0.480 e. The summed E-state index contributed by atoms with van der Waals surface area (Å²) >= 11 is 0. The minimum atomic E-state index is -1.14. The van der Waals surface area contributed by atoms with E-state index in [4.69, 9.17) is 4.74 Å². The number of piperidine rings is 1. The number of fused-ring (bicyclic) bond motifs is 9. The number of amides is 3. The first-order valence-corrected chi connectivity index (χ1v) is 13.6. The van der Waals surface area contributed by atoms with Gasteiger partial charge in [0, 0.05) is 38.7 Å². The van der Waals surface area contributed by atoms with E-state index in [9.17, 15) is 24.3 Å². The van der Waals surface area contributed by atoms with Crippen LogP contribution in [0.15, 0.2) is 60.9 Å². The lowest BCUT2D eigenvalue weighted by molar-refractivity contribution is -0.142. The number of aliphatic carboxylic acids is 1. The van der Waals surface area contributed by atoms with Crippen LogP contribution in [0, 0.1) is 5.41 Å². The van der Waals surface area contributed by atoms with Crippen molar-refractivity contribution in [3.63, 3.8) is 0 Å². The molecule has 1 fully saturated rings. The van der Waals surface area contributed by atoms with Gasteiger partial charge in [0.25, 0.3) is 0 Å². The molecule has 3 aliphatic rings. The molecule has 12 nitrogen and oxygen atoms in total. The number of nitrogens with zero attached hydrogens (tertiary/aromatic N) is 4. The smallest absolute Gasteiger partial charge is 0.326 e. The zero-order valence-electron chi connectivity index (χ0n) is 22.5. The van der Waals surface area contributed by atoms with Gasteiger partial charge in [-0.2, -0.15) is 0 Å². The topological polar surface area (TPSA) is 156 Å². The van der Waals surface area contributed by atoms with Crippen molar-refractivity contribution in [3.8, 4) is 11.5 Å². The number of rotatable bonds is 3. The van der Waals surface area contributed by atoms with Gasteiger partial charge in [-0.15, -0.1) is 5.10 Å². The first-order chi connectivity index (χ1) is 19.8. The van der Waals surface area contributed by atoms with Gasteiger partial charge in [0.1, 0.15) is 24.1 Å². The minimum Gasteiger partial charge on any atom is -0.480 e. The van der Waals surface area contributed by atoms with Crippen molar-refractivity contribution < 1.29 is 29.0 Å². The molecule has 2 aromatic carbocycles. The molecular weight excluding hydrogens is 528 g/mol. The average molecular weight is 561 g/mol. The van der Waals surface area contributed by atoms with E-state index in [0.29, 0.717) is 43.9 Å². The first kappa shape index (κ1) is 27.8. The summed E-state index contributed by atoms with van der Waals surface area (Å²) in [5, 5.41) is 22.7. The van der Waals surface area contributed by atoms with Crippen molar-refractivity contribution in [2.45, 2.75) is 44.7 Å². The van der Waals surface area contributed by atoms with Gasteiger partial charge < -0.3 is 25.4 Å². The lowest BCUT2D eigenvalue weighted by Crippen LogP contribution is -2.52. The Hall–Kier alpha value is -4.74. The number of hydrogen-bond acceptors (Lipinski definition) is 7. The summed E-state index contributed by atoms with van der Waals surface area (Å²) in [5.41, 5.74) is 0.844. The number of hydrogen-bond donors (Lipinski definition) is 3. The van der Waals surface area contributed by atoms with E-state index in [1.807, 2.05) is 24.3 Å². The molecule has 4 heterocycles. The molecule has 0 aliphatic carbocycles. The Labute approximate surface area is 236 Å². The zero-order chi connectivity index (χ0) is 28.8. The maximum atomic E-state index is 13.7. The van der Waals surface area contributed by atoms with E-state index < -0.39 is 23.3 Å².